The Kier molecular flexibility index (Phi) is 3.97. The van der Waals surface area contributed by atoms with Gasteiger partial charge in [0.15, 0.2) is 0 Å². The molecule has 1 aromatic heterocycles. The molecule has 2 N–H and O–H groups in total. The zero-order chi connectivity index (χ0) is 13.0. The second-order valence-electron chi connectivity index (χ2n) is 5.23. The predicted molar refractivity (Wildman–Crippen MR) is 70.3 cm³/mol. The molecular formula is C14H20N2O2. The van der Waals surface area contributed by atoms with Crippen molar-refractivity contribution in [3.8, 4) is 0 Å². The van der Waals surface area contributed by atoms with Crippen molar-refractivity contribution in [3.63, 3.8) is 0 Å². The van der Waals surface area contributed by atoms with Gasteiger partial charge in [-0.25, -0.2) is 4.98 Å². The van der Waals surface area contributed by atoms with E-state index in [0.717, 1.165) is 37.7 Å². The van der Waals surface area contributed by atoms with Gasteiger partial charge in [0.25, 0.3) is 0 Å². The molecule has 0 saturated heterocycles. The summed E-state index contributed by atoms with van der Waals surface area (Å²) in [5.41, 5.74) is 0.239. The monoisotopic (exact) mass is 248 g/mol. The van der Waals surface area contributed by atoms with Crippen LogP contribution in [-0.4, -0.2) is 21.6 Å². The first-order valence-corrected chi connectivity index (χ1v) is 6.52. The molecule has 1 saturated carbocycles. The van der Waals surface area contributed by atoms with Gasteiger partial charge in [0.2, 0.25) is 5.91 Å². The van der Waals surface area contributed by atoms with Crippen molar-refractivity contribution in [2.45, 2.75) is 51.0 Å². The third-order valence-corrected chi connectivity index (χ3v) is 3.46. The minimum absolute atomic E-state index is 0.155. The van der Waals surface area contributed by atoms with Gasteiger partial charge < -0.3 is 10.4 Å². The Morgan fingerprint density at radius 3 is 2.83 bits per heavy atom. The third kappa shape index (κ3) is 3.53. The van der Waals surface area contributed by atoms with Gasteiger partial charge in [-0.1, -0.05) is 19.3 Å². The van der Waals surface area contributed by atoms with E-state index < -0.39 is 5.60 Å². The summed E-state index contributed by atoms with van der Waals surface area (Å²) in [4.78, 5) is 16.0. The highest BCUT2D eigenvalue weighted by Crippen LogP contribution is 2.30. The Hall–Kier alpha value is -1.42. The fraction of sp³-hybridized carbons (Fsp3) is 0.571. The summed E-state index contributed by atoms with van der Waals surface area (Å²) >= 11 is 0. The summed E-state index contributed by atoms with van der Waals surface area (Å²) in [5.74, 6) is 0.400. The van der Waals surface area contributed by atoms with Gasteiger partial charge in [-0.05, 0) is 37.5 Å². The molecule has 98 valence electrons. The topological polar surface area (TPSA) is 62.2 Å². The number of amides is 1. The number of nitrogens with one attached hydrogen (secondary N) is 1. The largest absolute Gasteiger partial charge is 0.389 e. The van der Waals surface area contributed by atoms with E-state index >= 15 is 0 Å². The van der Waals surface area contributed by atoms with Crippen molar-refractivity contribution in [1.29, 1.82) is 0 Å². The lowest BCUT2D eigenvalue weighted by Gasteiger charge is -2.31. The van der Waals surface area contributed by atoms with Crippen LogP contribution in [0.3, 0.4) is 0 Å². The number of rotatable bonds is 3. The maximum absolute atomic E-state index is 11.9. The lowest BCUT2D eigenvalue weighted by atomic mass is 9.82. The summed E-state index contributed by atoms with van der Waals surface area (Å²) in [7, 11) is 0. The molecule has 0 bridgehead atoms. The van der Waals surface area contributed by atoms with E-state index in [2.05, 4.69) is 10.3 Å². The zero-order valence-electron chi connectivity index (χ0n) is 10.8. The molecule has 1 amide bonds. The molecule has 0 aliphatic heterocycles. The molecule has 1 fully saturated rings. The molecule has 1 aliphatic carbocycles. The molecule has 4 nitrogen and oxygen atoms in total. The first-order valence-electron chi connectivity index (χ1n) is 6.52. The molecule has 1 aliphatic rings. The van der Waals surface area contributed by atoms with Crippen LogP contribution in [0.15, 0.2) is 18.3 Å². The number of carbonyl (C=O) groups is 1. The molecule has 0 spiro atoms. The maximum atomic E-state index is 11.9. The van der Waals surface area contributed by atoms with Gasteiger partial charge in [0.05, 0.1) is 12.0 Å². The van der Waals surface area contributed by atoms with Crippen molar-refractivity contribution in [2.24, 2.45) is 0 Å². The van der Waals surface area contributed by atoms with Crippen molar-refractivity contribution in [3.05, 3.63) is 23.9 Å². The van der Waals surface area contributed by atoms with Gasteiger partial charge in [-0.3, -0.25) is 4.79 Å². The first-order chi connectivity index (χ1) is 8.57. The van der Waals surface area contributed by atoms with Crippen LogP contribution in [0.1, 0.15) is 44.1 Å². The molecule has 1 heterocycles. The van der Waals surface area contributed by atoms with E-state index in [1.165, 1.54) is 0 Å². The molecule has 0 atom stereocenters. The van der Waals surface area contributed by atoms with E-state index in [9.17, 15) is 9.90 Å². The number of aryl methyl sites for hydroxylation is 1. The zero-order valence-corrected chi connectivity index (χ0v) is 10.8. The van der Waals surface area contributed by atoms with Crippen LogP contribution in [0.2, 0.25) is 0 Å². The SMILES string of the molecule is Cc1ccnc(NC(=O)CC2(O)CCCCC2)c1. The van der Waals surface area contributed by atoms with Gasteiger partial charge in [0.1, 0.15) is 5.82 Å². The highest BCUT2D eigenvalue weighted by Gasteiger charge is 2.31. The van der Waals surface area contributed by atoms with Crippen LogP contribution in [-0.2, 0) is 4.79 Å². The predicted octanol–water partition coefficient (Wildman–Crippen LogP) is 2.41. The highest BCUT2D eigenvalue weighted by molar-refractivity contribution is 5.90. The molecule has 0 aromatic carbocycles. The number of pyridine rings is 1. The average molecular weight is 248 g/mol. The van der Waals surface area contributed by atoms with Gasteiger partial charge in [-0.2, -0.15) is 0 Å². The number of nitrogens with zero attached hydrogens (tertiary/aromatic N) is 1. The van der Waals surface area contributed by atoms with Crippen LogP contribution in [0, 0.1) is 6.92 Å². The molecule has 18 heavy (non-hydrogen) atoms. The third-order valence-electron chi connectivity index (χ3n) is 3.46. The number of aliphatic hydroxyl groups is 1. The van der Waals surface area contributed by atoms with Gasteiger partial charge in [0, 0.05) is 6.20 Å². The van der Waals surface area contributed by atoms with Gasteiger partial charge in [-0.15, -0.1) is 0 Å². The van der Waals surface area contributed by atoms with Crippen molar-refractivity contribution >= 4 is 11.7 Å². The number of carbonyl (C=O) groups excluding carboxylic acids is 1. The Labute approximate surface area is 107 Å². The summed E-state index contributed by atoms with van der Waals surface area (Å²) in [5, 5.41) is 13.0. The molecule has 1 aromatic rings. The Balaban J connectivity index is 1.92. The summed E-state index contributed by atoms with van der Waals surface area (Å²) in [6.07, 6.45) is 6.45. The standard InChI is InChI=1S/C14H20N2O2/c1-11-5-8-15-12(9-11)16-13(17)10-14(18)6-3-2-4-7-14/h5,8-9,18H,2-4,6-7,10H2,1H3,(H,15,16,17). The van der Waals surface area contributed by atoms with E-state index in [4.69, 9.17) is 0 Å². The van der Waals surface area contributed by atoms with Crippen molar-refractivity contribution < 1.29 is 9.90 Å². The smallest absolute Gasteiger partial charge is 0.228 e. The minimum atomic E-state index is -0.813. The molecule has 2 rings (SSSR count). The average Bonchev–Trinajstić information content (AvgIpc) is 2.28. The molecular weight excluding hydrogens is 228 g/mol. The fourth-order valence-corrected chi connectivity index (χ4v) is 2.48. The van der Waals surface area contributed by atoms with Crippen LogP contribution in [0.5, 0.6) is 0 Å². The number of aromatic nitrogens is 1. The number of anilines is 1. The molecule has 4 heteroatoms. The quantitative estimate of drug-likeness (QED) is 0.863. The van der Waals surface area contributed by atoms with E-state index in [-0.39, 0.29) is 12.3 Å². The van der Waals surface area contributed by atoms with E-state index in [1.54, 1.807) is 6.20 Å². The summed E-state index contributed by atoms with van der Waals surface area (Å²) in [6, 6.07) is 3.70. The second-order valence-corrected chi connectivity index (χ2v) is 5.23. The minimum Gasteiger partial charge on any atom is -0.389 e. The fourth-order valence-electron chi connectivity index (χ4n) is 2.48. The highest BCUT2D eigenvalue weighted by atomic mass is 16.3. The first kappa shape index (κ1) is 13.0. The molecule has 0 radical (unpaired) electrons. The maximum Gasteiger partial charge on any atom is 0.228 e. The van der Waals surface area contributed by atoms with E-state index in [1.807, 2.05) is 19.1 Å². The van der Waals surface area contributed by atoms with Crippen molar-refractivity contribution in [1.82, 2.24) is 4.98 Å². The molecule has 0 unspecified atom stereocenters. The summed E-state index contributed by atoms with van der Waals surface area (Å²) < 4.78 is 0. The van der Waals surface area contributed by atoms with Crippen LogP contribution >= 0.6 is 0 Å². The Morgan fingerprint density at radius 2 is 2.17 bits per heavy atom. The van der Waals surface area contributed by atoms with Crippen LogP contribution in [0.25, 0.3) is 0 Å². The van der Waals surface area contributed by atoms with E-state index in [0.29, 0.717) is 5.82 Å². The Bertz CT molecular complexity index is 426. The summed E-state index contributed by atoms with van der Waals surface area (Å²) in [6.45, 7) is 1.95. The Morgan fingerprint density at radius 1 is 1.44 bits per heavy atom. The lowest BCUT2D eigenvalue weighted by Crippen LogP contribution is -2.36. The number of hydrogen-bond donors (Lipinski definition) is 2. The van der Waals surface area contributed by atoms with Crippen molar-refractivity contribution in [2.75, 3.05) is 5.32 Å². The van der Waals surface area contributed by atoms with Gasteiger partial charge >= 0.3 is 0 Å². The normalized spacial score (nSPS) is 18.3. The second kappa shape index (κ2) is 5.48. The van der Waals surface area contributed by atoms with Crippen LogP contribution < -0.4 is 5.32 Å². The number of hydrogen-bond acceptors (Lipinski definition) is 3. The lowest BCUT2D eigenvalue weighted by molar-refractivity contribution is -0.122. The van der Waals surface area contributed by atoms with Crippen LogP contribution in [0.4, 0.5) is 5.82 Å².